The maximum absolute atomic E-state index is 5.68. The van der Waals surface area contributed by atoms with Crippen molar-refractivity contribution < 1.29 is 4.52 Å². The average molecular weight is 338 g/mol. The van der Waals surface area contributed by atoms with Crippen molar-refractivity contribution in [2.24, 2.45) is 0 Å². The fourth-order valence-electron chi connectivity index (χ4n) is 3.91. The summed E-state index contributed by atoms with van der Waals surface area (Å²) in [6.45, 7) is 7.72. The van der Waals surface area contributed by atoms with E-state index >= 15 is 0 Å². The molecule has 1 fully saturated rings. The lowest BCUT2D eigenvalue weighted by atomic mass is 9.97. The van der Waals surface area contributed by atoms with E-state index < -0.39 is 0 Å². The van der Waals surface area contributed by atoms with Gasteiger partial charge >= 0.3 is 0 Å². The van der Waals surface area contributed by atoms with Crippen LogP contribution in [0.25, 0.3) is 22.3 Å². The molecule has 1 aromatic carbocycles. The van der Waals surface area contributed by atoms with Crippen LogP contribution in [0.15, 0.2) is 28.8 Å². The SMILES string of the molecule is CCCCN1CCCC(c2nc(-c3c(C)[nH]c4ccccc34)no2)C1. The van der Waals surface area contributed by atoms with Gasteiger partial charge in [-0.25, -0.2) is 0 Å². The van der Waals surface area contributed by atoms with Crippen LogP contribution in [0.1, 0.15) is 50.1 Å². The Morgan fingerprint density at radius 3 is 3.08 bits per heavy atom. The van der Waals surface area contributed by atoms with E-state index in [-0.39, 0.29) is 0 Å². The highest BCUT2D eigenvalue weighted by Gasteiger charge is 2.26. The molecule has 0 aliphatic carbocycles. The molecule has 0 bridgehead atoms. The van der Waals surface area contributed by atoms with E-state index in [0.717, 1.165) is 41.0 Å². The summed E-state index contributed by atoms with van der Waals surface area (Å²) >= 11 is 0. The lowest BCUT2D eigenvalue weighted by Crippen LogP contribution is -2.35. The number of likely N-dealkylation sites (tertiary alicyclic amines) is 1. The highest BCUT2D eigenvalue weighted by molar-refractivity contribution is 5.95. The number of nitrogens with zero attached hydrogens (tertiary/aromatic N) is 3. The van der Waals surface area contributed by atoms with Gasteiger partial charge in [-0.15, -0.1) is 0 Å². The van der Waals surface area contributed by atoms with Crippen LogP contribution >= 0.6 is 0 Å². The minimum atomic E-state index is 0.359. The first-order valence-corrected chi connectivity index (χ1v) is 9.40. The highest BCUT2D eigenvalue weighted by Crippen LogP contribution is 2.32. The molecule has 1 aliphatic rings. The summed E-state index contributed by atoms with van der Waals surface area (Å²) in [5, 5.41) is 5.46. The van der Waals surface area contributed by atoms with E-state index in [1.165, 1.54) is 32.4 Å². The van der Waals surface area contributed by atoms with Crippen molar-refractivity contribution in [1.82, 2.24) is 20.0 Å². The molecule has 5 nitrogen and oxygen atoms in total. The largest absolute Gasteiger partial charge is 0.358 e. The van der Waals surface area contributed by atoms with Gasteiger partial charge in [0.15, 0.2) is 0 Å². The molecule has 3 heterocycles. The minimum absolute atomic E-state index is 0.359. The van der Waals surface area contributed by atoms with Gasteiger partial charge in [0, 0.05) is 23.1 Å². The van der Waals surface area contributed by atoms with Gasteiger partial charge in [0.2, 0.25) is 11.7 Å². The summed E-state index contributed by atoms with van der Waals surface area (Å²) in [7, 11) is 0. The van der Waals surface area contributed by atoms with Crippen molar-refractivity contribution in [3.8, 4) is 11.4 Å². The van der Waals surface area contributed by atoms with Gasteiger partial charge in [-0.1, -0.05) is 36.7 Å². The van der Waals surface area contributed by atoms with Crippen LogP contribution in [-0.4, -0.2) is 39.7 Å². The molecule has 1 saturated heterocycles. The third kappa shape index (κ3) is 3.21. The Morgan fingerprint density at radius 1 is 1.32 bits per heavy atom. The number of rotatable bonds is 5. The molecule has 0 radical (unpaired) electrons. The zero-order valence-electron chi connectivity index (χ0n) is 15.1. The third-order valence-electron chi connectivity index (χ3n) is 5.24. The number of fused-ring (bicyclic) bond motifs is 1. The Labute approximate surface area is 148 Å². The van der Waals surface area contributed by atoms with Crippen molar-refractivity contribution in [3.05, 3.63) is 35.9 Å². The zero-order chi connectivity index (χ0) is 17.2. The van der Waals surface area contributed by atoms with Crippen molar-refractivity contribution in [2.75, 3.05) is 19.6 Å². The smallest absolute Gasteiger partial charge is 0.231 e. The summed E-state index contributed by atoms with van der Waals surface area (Å²) in [6, 6.07) is 8.28. The Kier molecular flexibility index (Phi) is 4.57. The molecule has 25 heavy (non-hydrogen) atoms. The number of hydrogen-bond acceptors (Lipinski definition) is 4. The Hall–Kier alpha value is -2.14. The standard InChI is InChI=1S/C20H26N4O/c1-3-4-11-24-12-7-8-15(13-24)20-22-19(23-25-20)18-14(2)21-17-10-6-5-9-16(17)18/h5-6,9-10,15,21H,3-4,7-8,11-13H2,1-2H3. The first-order chi connectivity index (χ1) is 12.3. The lowest BCUT2D eigenvalue weighted by Gasteiger charge is -2.30. The van der Waals surface area contributed by atoms with Gasteiger partial charge in [0.1, 0.15) is 0 Å². The van der Waals surface area contributed by atoms with Crippen molar-refractivity contribution in [1.29, 1.82) is 0 Å². The maximum atomic E-state index is 5.68. The number of unbranched alkanes of at least 4 members (excludes halogenated alkanes) is 1. The fourth-order valence-corrected chi connectivity index (χ4v) is 3.91. The van der Waals surface area contributed by atoms with Crippen LogP contribution in [0.2, 0.25) is 0 Å². The number of aromatic nitrogens is 3. The first-order valence-electron chi connectivity index (χ1n) is 9.40. The Morgan fingerprint density at radius 2 is 2.20 bits per heavy atom. The summed E-state index contributed by atoms with van der Waals surface area (Å²) in [4.78, 5) is 10.7. The van der Waals surface area contributed by atoms with Crippen LogP contribution in [0.4, 0.5) is 0 Å². The van der Waals surface area contributed by atoms with E-state index in [1.807, 2.05) is 12.1 Å². The van der Waals surface area contributed by atoms with E-state index in [4.69, 9.17) is 9.51 Å². The molecule has 1 unspecified atom stereocenters. The van der Waals surface area contributed by atoms with Crippen LogP contribution in [0.5, 0.6) is 0 Å². The molecule has 1 atom stereocenters. The second-order valence-corrected chi connectivity index (χ2v) is 7.12. The molecular formula is C20H26N4O. The number of H-pyrrole nitrogens is 1. The first kappa shape index (κ1) is 16.3. The summed E-state index contributed by atoms with van der Waals surface area (Å²) in [5.41, 5.74) is 3.26. The summed E-state index contributed by atoms with van der Waals surface area (Å²) in [6.07, 6.45) is 4.84. The van der Waals surface area contributed by atoms with Gasteiger partial charge in [-0.05, 0) is 45.3 Å². The van der Waals surface area contributed by atoms with Gasteiger partial charge < -0.3 is 14.4 Å². The van der Waals surface area contributed by atoms with Crippen molar-refractivity contribution in [2.45, 2.75) is 45.4 Å². The van der Waals surface area contributed by atoms with Crippen molar-refractivity contribution in [3.63, 3.8) is 0 Å². The molecule has 0 amide bonds. The number of benzene rings is 1. The molecule has 2 aromatic heterocycles. The van der Waals surface area contributed by atoms with Gasteiger partial charge in [-0.2, -0.15) is 4.98 Å². The number of aromatic amines is 1. The molecule has 1 aliphatic heterocycles. The van der Waals surface area contributed by atoms with Crippen LogP contribution in [-0.2, 0) is 0 Å². The van der Waals surface area contributed by atoms with Gasteiger partial charge in [-0.3, -0.25) is 0 Å². The molecule has 0 saturated carbocycles. The average Bonchev–Trinajstić information content (AvgIpc) is 3.23. The van der Waals surface area contributed by atoms with Gasteiger partial charge in [0.25, 0.3) is 0 Å². The second kappa shape index (κ2) is 7.00. The Bertz CT molecular complexity index is 850. The van der Waals surface area contributed by atoms with E-state index in [0.29, 0.717) is 11.7 Å². The van der Waals surface area contributed by atoms with Crippen LogP contribution in [0, 0.1) is 6.92 Å². The van der Waals surface area contributed by atoms with E-state index in [2.05, 4.69) is 41.0 Å². The van der Waals surface area contributed by atoms with E-state index in [1.54, 1.807) is 0 Å². The minimum Gasteiger partial charge on any atom is -0.358 e. The number of hydrogen-bond donors (Lipinski definition) is 1. The maximum Gasteiger partial charge on any atom is 0.231 e. The van der Waals surface area contributed by atoms with Crippen LogP contribution < -0.4 is 0 Å². The second-order valence-electron chi connectivity index (χ2n) is 7.12. The fraction of sp³-hybridized carbons (Fsp3) is 0.500. The van der Waals surface area contributed by atoms with Crippen LogP contribution in [0.3, 0.4) is 0 Å². The quantitative estimate of drug-likeness (QED) is 0.744. The highest BCUT2D eigenvalue weighted by atomic mass is 16.5. The van der Waals surface area contributed by atoms with Gasteiger partial charge in [0.05, 0.1) is 11.5 Å². The Balaban J connectivity index is 1.58. The molecule has 1 N–H and O–H groups in total. The summed E-state index contributed by atoms with van der Waals surface area (Å²) < 4.78 is 5.68. The zero-order valence-corrected chi connectivity index (χ0v) is 15.1. The normalized spacial score (nSPS) is 18.9. The summed E-state index contributed by atoms with van der Waals surface area (Å²) in [5.74, 6) is 1.86. The monoisotopic (exact) mass is 338 g/mol. The molecule has 3 aromatic rings. The molecule has 132 valence electrons. The number of piperidine rings is 1. The number of para-hydroxylation sites is 1. The predicted molar refractivity (Wildman–Crippen MR) is 99.7 cm³/mol. The molecule has 5 heteroatoms. The molecular weight excluding hydrogens is 312 g/mol. The third-order valence-corrected chi connectivity index (χ3v) is 5.24. The lowest BCUT2D eigenvalue weighted by molar-refractivity contribution is 0.185. The predicted octanol–water partition coefficient (Wildman–Crippen LogP) is 4.51. The van der Waals surface area contributed by atoms with E-state index in [9.17, 15) is 0 Å². The molecule has 0 spiro atoms. The number of nitrogens with one attached hydrogen (secondary N) is 1. The topological polar surface area (TPSA) is 58.0 Å². The molecule has 4 rings (SSSR count). The number of aryl methyl sites for hydroxylation is 1. The van der Waals surface area contributed by atoms with Crippen molar-refractivity contribution >= 4 is 10.9 Å².